The molecule has 8 aromatic carbocycles. The first-order valence-electron chi connectivity index (χ1n) is 15.9. The summed E-state index contributed by atoms with van der Waals surface area (Å²) in [7, 11) is 0. The van der Waals surface area contributed by atoms with E-state index in [1.54, 1.807) is 0 Å². The number of hydrogen-bond acceptors (Lipinski definition) is 1. The van der Waals surface area contributed by atoms with Crippen molar-refractivity contribution in [2.45, 2.75) is 5.41 Å². The van der Waals surface area contributed by atoms with Crippen LogP contribution in [0.4, 0.5) is 0 Å². The molecule has 0 aromatic heterocycles. The van der Waals surface area contributed by atoms with Gasteiger partial charge in [0, 0.05) is 10.9 Å². The lowest BCUT2D eigenvalue weighted by molar-refractivity contribution is 0.487. The Kier molecular flexibility index (Phi) is 5.27. The molecule has 1 heteroatoms. The summed E-state index contributed by atoms with van der Waals surface area (Å²) in [5.41, 5.74) is 12.0. The highest BCUT2D eigenvalue weighted by Gasteiger charge is 2.47. The first-order chi connectivity index (χ1) is 22.8. The topological polar surface area (TPSA) is 9.23 Å². The molecule has 1 heterocycles. The third kappa shape index (κ3) is 3.29. The second kappa shape index (κ2) is 9.54. The fourth-order valence-corrected chi connectivity index (χ4v) is 8.37. The second-order valence-electron chi connectivity index (χ2n) is 12.4. The van der Waals surface area contributed by atoms with E-state index in [0.29, 0.717) is 0 Å². The Labute approximate surface area is 268 Å². The van der Waals surface area contributed by atoms with Gasteiger partial charge in [0.15, 0.2) is 0 Å². The molecule has 1 aliphatic heterocycles. The highest BCUT2D eigenvalue weighted by atomic mass is 16.5. The lowest BCUT2D eigenvalue weighted by Crippen LogP contribution is -2.29. The zero-order valence-electron chi connectivity index (χ0n) is 25.1. The zero-order chi connectivity index (χ0) is 30.2. The summed E-state index contributed by atoms with van der Waals surface area (Å²) in [5.74, 6) is 1.81. The first-order valence-corrected chi connectivity index (χ1v) is 15.9. The minimum atomic E-state index is -0.532. The normalized spacial score (nSPS) is 15.7. The molecule has 0 saturated heterocycles. The fraction of sp³-hybridized carbons (Fsp3) is 0.0222. The van der Waals surface area contributed by atoms with Crippen LogP contribution in [-0.4, -0.2) is 0 Å². The molecular formula is C45H28O. The van der Waals surface area contributed by atoms with E-state index in [1.165, 1.54) is 71.6 Å². The largest absolute Gasteiger partial charge is 0.456 e. The van der Waals surface area contributed by atoms with Crippen molar-refractivity contribution in [2.75, 3.05) is 0 Å². The van der Waals surface area contributed by atoms with Gasteiger partial charge in [-0.1, -0.05) is 158 Å². The summed E-state index contributed by atoms with van der Waals surface area (Å²) in [5, 5.41) is 4.91. The van der Waals surface area contributed by atoms with Crippen LogP contribution in [0.1, 0.15) is 22.3 Å². The number of hydrogen-bond donors (Lipinski definition) is 0. The van der Waals surface area contributed by atoms with E-state index in [9.17, 15) is 0 Å². The highest BCUT2D eigenvalue weighted by Crippen LogP contribution is 2.60. The van der Waals surface area contributed by atoms with E-state index in [1.807, 2.05) is 0 Å². The molecule has 2 aliphatic rings. The standard InChI is InChI=1S/C45H28O/c1-2-16-31(17-3-1)45(38-24-9-7-20-35(38)43-32-18-5-4-13-29(32)27-28-39(43)45)37-23-8-6-19-33(37)34-21-12-26-41-44(34)36-22-10-14-30-15-11-25-40(46-41)42(30)36/h1-28H. The zero-order valence-corrected chi connectivity index (χ0v) is 25.1. The van der Waals surface area contributed by atoms with E-state index in [2.05, 4.69) is 170 Å². The SMILES string of the molecule is c1ccc(C2(c3ccccc3-c3cccc4c3-c3cccc5cccc(c35)O4)c3ccccc3-c3c2ccc2ccccc32)cc1. The van der Waals surface area contributed by atoms with Crippen molar-refractivity contribution in [1.29, 1.82) is 0 Å². The van der Waals surface area contributed by atoms with Crippen LogP contribution in [0, 0.1) is 0 Å². The van der Waals surface area contributed by atoms with Crippen molar-refractivity contribution in [3.63, 3.8) is 0 Å². The molecule has 0 fully saturated rings. The molecule has 0 spiro atoms. The maximum Gasteiger partial charge on any atom is 0.135 e. The van der Waals surface area contributed by atoms with Gasteiger partial charge in [-0.15, -0.1) is 0 Å². The first kappa shape index (κ1) is 25.4. The molecule has 46 heavy (non-hydrogen) atoms. The maximum absolute atomic E-state index is 6.65. The van der Waals surface area contributed by atoms with Crippen molar-refractivity contribution in [3.05, 3.63) is 192 Å². The average molecular weight is 585 g/mol. The van der Waals surface area contributed by atoms with Crippen LogP contribution in [0.15, 0.2) is 170 Å². The molecule has 0 N–H and O–H groups in total. The summed E-state index contributed by atoms with van der Waals surface area (Å²) >= 11 is 0. The van der Waals surface area contributed by atoms with Gasteiger partial charge in [-0.3, -0.25) is 0 Å². The molecule has 0 saturated carbocycles. The monoisotopic (exact) mass is 584 g/mol. The van der Waals surface area contributed by atoms with Gasteiger partial charge in [0.1, 0.15) is 11.5 Å². The van der Waals surface area contributed by atoms with Crippen LogP contribution in [0.3, 0.4) is 0 Å². The van der Waals surface area contributed by atoms with Gasteiger partial charge in [-0.2, -0.15) is 0 Å². The summed E-state index contributed by atoms with van der Waals surface area (Å²) in [4.78, 5) is 0. The minimum absolute atomic E-state index is 0.532. The molecule has 10 rings (SSSR count). The predicted molar refractivity (Wildman–Crippen MR) is 190 cm³/mol. The maximum atomic E-state index is 6.65. The Bertz CT molecular complexity index is 2500. The lowest BCUT2D eigenvalue weighted by Gasteiger charge is -2.36. The molecule has 1 aliphatic carbocycles. The Hall–Kier alpha value is -5.92. The summed E-state index contributed by atoms with van der Waals surface area (Å²) in [6, 6.07) is 62.1. The molecule has 1 atom stereocenters. The molecule has 0 bridgehead atoms. The summed E-state index contributed by atoms with van der Waals surface area (Å²) in [6.07, 6.45) is 0. The average Bonchev–Trinajstić information content (AvgIpc) is 3.43. The Morgan fingerprint density at radius 3 is 1.83 bits per heavy atom. The molecular weight excluding hydrogens is 556 g/mol. The predicted octanol–water partition coefficient (Wildman–Crippen LogP) is 11.8. The van der Waals surface area contributed by atoms with E-state index < -0.39 is 5.41 Å². The van der Waals surface area contributed by atoms with Gasteiger partial charge in [-0.05, 0) is 78.4 Å². The van der Waals surface area contributed by atoms with Crippen LogP contribution in [0.5, 0.6) is 11.5 Å². The summed E-state index contributed by atoms with van der Waals surface area (Å²) < 4.78 is 6.65. The van der Waals surface area contributed by atoms with Crippen LogP contribution in [-0.2, 0) is 5.41 Å². The Morgan fingerprint density at radius 1 is 0.348 bits per heavy atom. The van der Waals surface area contributed by atoms with Gasteiger partial charge in [0.25, 0.3) is 0 Å². The Balaban J connectivity index is 1.35. The molecule has 1 unspecified atom stereocenters. The fourth-order valence-electron chi connectivity index (χ4n) is 8.37. The van der Waals surface area contributed by atoms with E-state index >= 15 is 0 Å². The van der Waals surface area contributed by atoms with Crippen molar-refractivity contribution in [1.82, 2.24) is 0 Å². The van der Waals surface area contributed by atoms with Crippen molar-refractivity contribution >= 4 is 21.5 Å². The number of fused-ring (bicyclic) bond motifs is 7. The van der Waals surface area contributed by atoms with Crippen molar-refractivity contribution in [3.8, 4) is 44.9 Å². The molecule has 8 aromatic rings. The molecule has 0 radical (unpaired) electrons. The molecule has 0 amide bonds. The number of benzene rings is 8. The third-order valence-corrected chi connectivity index (χ3v) is 10.1. The number of rotatable bonds is 3. The van der Waals surface area contributed by atoms with E-state index in [0.717, 1.165) is 17.1 Å². The lowest BCUT2D eigenvalue weighted by atomic mass is 9.65. The van der Waals surface area contributed by atoms with Gasteiger partial charge < -0.3 is 4.74 Å². The summed E-state index contributed by atoms with van der Waals surface area (Å²) in [6.45, 7) is 0. The van der Waals surface area contributed by atoms with Crippen LogP contribution < -0.4 is 4.74 Å². The highest BCUT2D eigenvalue weighted by molar-refractivity contribution is 6.08. The van der Waals surface area contributed by atoms with Gasteiger partial charge in [0.2, 0.25) is 0 Å². The second-order valence-corrected chi connectivity index (χ2v) is 12.4. The third-order valence-electron chi connectivity index (χ3n) is 10.1. The van der Waals surface area contributed by atoms with E-state index in [-0.39, 0.29) is 0 Å². The minimum Gasteiger partial charge on any atom is -0.456 e. The molecule has 214 valence electrons. The van der Waals surface area contributed by atoms with Gasteiger partial charge in [0.05, 0.1) is 5.41 Å². The number of ether oxygens (including phenoxy) is 1. The van der Waals surface area contributed by atoms with E-state index in [4.69, 9.17) is 4.74 Å². The molecule has 1 nitrogen and oxygen atoms in total. The van der Waals surface area contributed by atoms with Crippen LogP contribution >= 0.6 is 0 Å². The van der Waals surface area contributed by atoms with Gasteiger partial charge >= 0.3 is 0 Å². The smallest absolute Gasteiger partial charge is 0.135 e. The quantitative estimate of drug-likeness (QED) is 0.201. The van der Waals surface area contributed by atoms with Crippen LogP contribution in [0.25, 0.3) is 54.9 Å². The van der Waals surface area contributed by atoms with Crippen molar-refractivity contribution < 1.29 is 4.74 Å². The van der Waals surface area contributed by atoms with Crippen LogP contribution in [0.2, 0.25) is 0 Å². The van der Waals surface area contributed by atoms with Crippen molar-refractivity contribution in [2.24, 2.45) is 0 Å². The Morgan fingerprint density at radius 2 is 0.957 bits per heavy atom. The van der Waals surface area contributed by atoms with Gasteiger partial charge in [-0.25, -0.2) is 0 Å².